The number of hydrogen-bond donors (Lipinski definition) is 1. The normalized spacial score (nSPS) is 22.5. The number of esters is 1. The van der Waals surface area contributed by atoms with Gasteiger partial charge in [0, 0.05) is 59.4 Å². The number of benzene rings is 1. The Kier molecular flexibility index (Phi) is 11.7. The molecule has 2 atom stereocenters. The van der Waals surface area contributed by atoms with Crippen molar-refractivity contribution < 1.29 is 9.53 Å². The van der Waals surface area contributed by atoms with E-state index in [4.69, 9.17) is 4.74 Å². The fourth-order valence-electron chi connectivity index (χ4n) is 4.60. The molecule has 2 aliphatic rings. The lowest BCUT2D eigenvalue weighted by Gasteiger charge is -2.34. The zero-order chi connectivity index (χ0) is 22.1. The van der Waals surface area contributed by atoms with Gasteiger partial charge < -0.3 is 19.9 Å². The minimum absolute atomic E-state index is 0. The van der Waals surface area contributed by atoms with Crippen molar-refractivity contribution in [3.63, 3.8) is 0 Å². The summed E-state index contributed by atoms with van der Waals surface area (Å²) in [6.07, 6.45) is 2.30. The first-order valence-electron chi connectivity index (χ1n) is 11.6. The molecule has 7 nitrogen and oxygen atoms in total. The van der Waals surface area contributed by atoms with Gasteiger partial charge in [0.25, 0.3) is 0 Å². The number of nitrogens with zero attached hydrogens (tertiary/aromatic N) is 4. The molecule has 1 N–H and O–H groups in total. The second-order valence-electron chi connectivity index (χ2n) is 8.80. The van der Waals surface area contributed by atoms with Gasteiger partial charge >= 0.3 is 5.97 Å². The lowest BCUT2D eigenvalue weighted by atomic mass is 9.99. The number of likely N-dealkylation sites (tertiary alicyclic amines) is 1. The van der Waals surface area contributed by atoms with Crippen molar-refractivity contribution in [2.75, 3.05) is 66.5 Å². The summed E-state index contributed by atoms with van der Waals surface area (Å²) >= 11 is 0. The maximum absolute atomic E-state index is 11.9. The van der Waals surface area contributed by atoms with Gasteiger partial charge in [0.2, 0.25) is 0 Å². The number of hydrogen-bond acceptors (Lipinski definition) is 5. The average molecular weight is 558 g/mol. The summed E-state index contributed by atoms with van der Waals surface area (Å²) in [6.45, 7) is 11.4. The largest absolute Gasteiger partial charge is 0.469 e. The van der Waals surface area contributed by atoms with Crippen LogP contribution in [0.25, 0.3) is 0 Å². The van der Waals surface area contributed by atoms with Gasteiger partial charge in [-0.05, 0) is 30.9 Å². The first-order chi connectivity index (χ1) is 15.1. The van der Waals surface area contributed by atoms with E-state index in [0.717, 1.165) is 64.7 Å². The fraction of sp³-hybridized carbons (Fsp3) is 0.667. The van der Waals surface area contributed by atoms with E-state index >= 15 is 0 Å². The van der Waals surface area contributed by atoms with Crippen LogP contribution in [0.5, 0.6) is 0 Å². The van der Waals surface area contributed by atoms with Crippen LogP contribution in [0.2, 0.25) is 0 Å². The highest BCUT2D eigenvalue weighted by Gasteiger charge is 2.36. The quantitative estimate of drug-likeness (QED) is 0.174. The standard InChI is InChI=1S/C24H39N5O2.HI/c1-20-17-29(19-22(20)23(30)31-3)24(25-2)26-11-7-8-12-27-13-15-28(16-14-27)18-21-9-5-4-6-10-21;/h4-6,9-10,20,22H,7-8,11-19H2,1-3H3,(H,25,26);1H. The van der Waals surface area contributed by atoms with Gasteiger partial charge in [0.05, 0.1) is 13.0 Å². The third-order valence-electron chi connectivity index (χ3n) is 6.53. The van der Waals surface area contributed by atoms with Crippen LogP contribution in [0.15, 0.2) is 35.3 Å². The van der Waals surface area contributed by atoms with Gasteiger partial charge in [-0.1, -0.05) is 37.3 Å². The minimum Gasteiger partial charge on any atom is -0.469 e. The molecule has 32 heavy (non-hydrogen) atoms. The molecule has 0 aliphatic carbocycles. The van der Waals surface area contributed by atoms with Crippen LogP contribution >= 0.6 is 24.0 Å². The predicted octanol–water partition coefficient (Wildman–Crippen LogP) is 2.52. The molecule has 0 saturated carbocycles. The molecule has 0 radical (unpaired) electrons. The van der Waals surface area contributed by atoms with E-state index < -0.39 is 0 Å². The van der Waals surface area contributed by atoms with Crippen molar-refractivity contribution in [3.05, 3.63) is 35.9 Å². The number of halogens is 1. The van der Waals surface area contributed by atoms with E-state index in [1.807, 2.05) is 7.05 Å². The van der Waals surface area contributed by atoms with E-state index in [1.165, 1.54) is 19.1 Å². The summed E-state index contributed by atoms with van der Waals surface area (Å²) in [7, 11) is 3.28. The Hall–Kier alpha value is -1.39. The molecule has 2 fully saturated rings. The smallest absolute Gasteiger partial charge is 0.310 e. The third-order valence-corrected chi connectivity index (χ3v) is 6.53. The number of carbonyl (C=O) groups excluding carboxylic acids is 1. The van der Waals surface area contributed by atoms with Crippen molar-refractivity contribution >= 4 is 35.9 Å². The van der Waals surface area contributed by atoms with Crippen LogP contribution in [-0.4, -0.2) is 93.1 Å². The zero-order valence-electron chi connectivity index (χ0n) is 19.8. The molecule has 0 bridgehead atoms. The lowest BCUT2D eigenvalue weighted by Crippen LogP contribution is -2.46. The molecule has 2 heterocycles. The number of nitrogens with one attached hydrogen (secondary N) is 1. The molecule has 2 saturated heterocycles. The number of aliphatic imine (C=N–C) groups is 1. The molecule has 3 rings (SSSR count). The van der Waals surface area contributed by atoms with Crippen LogP contribution in [0.1, 0.15) is 25.3 Å². The Balaban J connectivity index is 0.00000363. The Morgan fingerprint density at radius 1 is 1.09 bits per heavy atom. The number of guanidine groups is 1. The highest BCUT2D eigenvalue weighted by atomic mass is 127. The summed E-state index contributed by atoms with van der Waals surface area (Å²) in [5.74, 6) is 0.998. The Morgan fingerprint density at radius 3 is 2.44 bits per heavy atom. The van der Waals surface area contributed by atoms with Gasteiger partial charge in [0.15, 0.2) is 5.96 Å². The summed E-state index contributed by atoms with van der Waals surface area (Å²) < 4.78 is 4.94. The molecular formula is C24H40IN5O2. The Labute approximate surface area is 210 Å². The molecule has 8 heteroatoms. The Morgan fingerprint density at radius 2 is 1.78 bits per heavy atom. The van der Waals surface area contributed by atoms with Crippen LogP contribution in [-0.2, 0) is 16.1 Å². The number of piperazine rings is 1. The van der Waals surface area contributed by atoms with E-state index in [1.54, 1.807) is 0 Å². The fourth-order valence-corrected chi connectivity index (χ4v) is 4.60. The molecule has 1 aromatic carbocycles. The first kappa shape index (κ1) is 26.9. The number of methoxy groups -OCH3 is 1. The van der Waals surface area contributed by atoms with Crippen LogP contribution < -0.4 is 5.32 Å². The first-order valence-corrected chi connectivity index (χ1v) is 11.6. The highest BCUT2D eigenvalue weighted by molar-refractivity contribution is 14.0. The molecule has 2 unspecified atom stereocenters. The lowest BCUT2D eigenvalue weighted by molar-refractivity contribution is -0.145. The summed E-state index contributed by atoms with van der Waals surface area (Å²) in [5, 5.41) is 3.48. The zero-order valence-corrected chi connectivity index (χ0v) is 22.2. The Bertz CT molecular complexity index is 710. The van der Waals surface area contributed by atoms with Crippen LogP contribution in [0, 0.1) is 11.8 Å². The second kappa shape index (κ2) is 14.0. The average Bonchev–Trinajstić information content (AvgIpc) is 3.18. The van der Waals surface area contributed by atoms with E-state index in [-0.39, 0.29) is 41.8 Å². The topological polar surface area (TPSA) is 60.4 Å². The van der Waals surface area contributed by atoms with Gasteiger partial charge in [0.1, 0.15) is 0 Å². The number of ether oxygens (including phenoxy) is 1. The second-order valence-corrected chi connectivity index (χ2v) is 8.80. The highest BCUT2D eigenvalue weighted by Crippen LogP contribution is 2.24. The summed E-state index contributed by atoms with van der Waals surface area (Å²) in [5.41, 5.74) is 1.40. The molecule has 2 aliphatic heterocycles. The van der Waals surface area contributed by atoms with E-state index in [0.29, 0.717) is 6.54 Å². The number of rotatable bonds is 8. The van der Waals surface area contributed by atoms with Gasteiger partial charge in [-0.2, -0.15) is 0 Å². The number of unbranched alkanes of at least 4 members (excludes halogenated alkanes) is 1. The SMILES string of the molecule is CN=C(NCCCCN1CCN(Cc2ccccc2)CC1)N1CC(C)C(C(=O)OC)C1.I. The van der Waals surface area contributed by atoms with Crippen molar-refractivity contribution in [2.24, 2.45) is 16.8 Å². The van der Waals surface area contributed by atoms with Gasteiger partial charge in [-0.15, -0.1) is 24.0 Å². The molecule has 1 aromatic rings. The monoisotopic (exact) mass is 557 g/mol. The van der Waals surface area contributed by atoms with E-state index in [2.05, 4.69) is 62.3 Å². The van der Waals surface area contributed by atoms with Crippen molar-refractivity contribution in [1.82, 2.24) is 20.0 Å². The van der Waals surface area contributed by atoms with Crippen LogP contribution in [0.4, 0.5) is 0 Å². The maximum atomic E-state index is 11.9. The number of carbonyl (C=O) groups is 1. The van der Waals surface area contributed by atoms with E-state index in [9.17, 15) is 4.79 Å². The van der Waals surface area contributed by atoms with Crippen LogP contribution in [0.3, 0.4) is 0 Å². The minimum atomic E-state index is -0.116. The molecule has 0 aromatic heterocycles. The summed E-state index contributed by atoms with van der Waals surface area (Å²) in [6, 6.07) is 10.7. The molecular weight excluding hydrogens is 517 g/mol. The van der Waals surface area contributed by atoms with Crippen molar-refractivity contribution in [1.29, 1.82) is 0 Å². The van der Waals surface area contributed by atoms with Crippen molar-refractivity contribution in [3.8, 4) is 0 Å². The molecule has 0 spiro atoms. The predicted molar refractivity (Wildman–Crippen MR) is 140 cm³/mol. The third kappa shape index (κ3) is 7.88. The molecule has 0 amide bonds. The van der Waals surface area contributed by atoms with Crippen molar-refractivity contribution in [2.45, 2.75) is 26.3 Å². The summed E-state index contributed by atoms with van der Waals surface area (Å²) in [4.78, 5) is 23.7. The van der Waals surface area contributed by atoms with Gasteiger partial charge in [-0.25, -0.2) is 0 Å². The maximum Gasteiger partial charge on any atom is 0.310 e. The van der Waals surface area contributed by atoms with Gasteiger partial charge in [-0.3, -0.25) is 14.7 Å². The molecule has 180 valence electrons.